The third-order valence-corrected chi connectivity index (χ3v) is 10.4. The number of carbonyl (C=O) groups excluding carboxylic acids is 2. The van der Waals surface area contributed by atoms with Crippen LogP contribution in [0.3, 0.4) is 0 Å². The molecule has 0 spiro atoms. The lowest BCUT2D eigenvalue weighted by Gasteiger charge is -2.54. The van der Waals surface area contributed by atoms with Crippen LogP contribution in [-0.4, -0.2) is 17.9 Å². The van der Waals surface area contributed by atoms with Crippen molar-refractivity contribution >= 4 is 11.8 Å². The molecule has 0 heterocycles. The lowest BCUT2D eigenvalue weighted by Crippen LogP contribution is -2.49. The van der Waals surface area contributed by atoms with Crippen molar-refractivity contribution in [2.24, 2.45) is 29.1 Å². The summed E-state index contributed by atoms with van der Waals surface area (Å²) in [5, 5.41) is 0. The highest BCUT2D eigenvalue weighted by molar-refractivity contribution is 5.91. The van der Waals surface area contributed by atoms with Gasteiger partial charge in [-0.05, 0) is 87.5 Å². The van der Waals surface area contributed by atoms with Crippen LogP contribution < -0.4 is 0 Å². The first-order valence-corrected chi connectivity index (χ1v) is 15.0. The Bertz CT molecular complexity index is 724. The molecule has 0 radical (unpaired) electrons. The van der Waals surface area contributed by atoms with Gasteiger partial charge in [-0.1, -0.05) is 70.8 Å². The van der Waals surface area contributed by atoms with Crippen molar-refractivity contribution in [2.75, 3.05) is 0 Å². The van der Waals surface area contributed by atoms with E-state index < -0.39 is 0 Å². The summed E-state index contributed by atoms with van der Waals surface area (Å²) < 4.78 is 6.25. The summed E-state index contributed by atoms with van der Waals surface area (Å²) >= 11 is 0. The van der Waals surface area contributed by atoms with Crippen molar-refractivity contribution < 1.29 is 14.3 Å². The number of rotatable bonds is 12. The minimum absolute atomic E-state index is 0.0585. The van der Waals surface area contributed by atoms with Crippen LogP contribution >= 0.6 is 0 Å². The van der Waals surface area contributed by atoms with Gasteiger partial charge in [0.05, 0.1) is 0 Å². The molecule has 4 aliphatic carbocycles. The number of hydrogen-bond donors (Lipinski definition) is 0. The lowest BCUT2D eigenvalue weighted by atomic mass is 9.51. The maximum absolute atomic E-state index is 12.8. The van der Waals surface area contributed by atoms with Gasteiger partial charge in [0.2, 0.25) is 0 Å². The van der Waals surface area contributed by atoms with Crippen LogP contribution in [0.4, 0.5) is 0 Å². The fourth-order valence-electron chi connectivity index (χ4n) is 8.58. The third-order valence-electron chi connectivity index (χ3n) is 10.4. The van der Waals surface area contributed by atoms with Crippen LogP contribution in [0, 0.1) is 29.1 Å². The van der Waals surface area contributed by atoms with Gasteiger partial charge in [-0.3, -0.25) is 9.59 Å². The van der Waals surface area contributed by atoms with Crippen molar-refractivity contribution in [2.45, 2.75) is 142 Å². The molecule has 34 heavy (non-hydrogen) atoms. The molecule has 0 aromatic rings. The summed E-state index contributed by atoms with van der Waals surface area (Å²) in [4.78, 5) is 24.7. The topological polar surface area (TPSA) is 43.4 Å². The Morgan fingerprint density at radius 3 is 2.35 bits per heavy atom. The molecular weight excluding hydrogens is 420 g/mol. The molecule has 4 rings (SSSR count). The number of unbranched alkanes of at least 4 members (excludes halogenated alkanes) is 8. The monoisotopic (exact) mass is 470 g/mol. The molecular formula is C31H50O3. The van der Waals surface area contributed by atoms with Crippen LogP contribution in [0.25, 0.3) is 0 Å². The molecule has 0 aromatic carbocycles. The smallest absolute Gasteiger partial charge is 0.306 e. The highest BCUT2D eigenvalue weighted by Gasteiger charge is 2.58. The summed E-state index contributed by atoms with van der Waals surface area (Å²) in [6.45, 7) is 4.61. The minimum atomic E-state index is 0.0585. The summed E-state index contributed by atoms with van der Waals surface area (Å²) in [5.74, 6) is 3.30. The largest absolute Gasteiger partial charge is 0.462 e. The molecule has 3 fully saturated rings. The maximum atomic E-state index is 12.8. The Labute approximate surface area is 208 Å². The standard InChI is InChI=1S/C31H50O3/c1-3-5-6-7-8-9-10-11-12-13-30(33)34-29-19-18-28-27-16-14-23-22-24(32)15-17-25(23)26(27)20-21-31(28,29)4-2/h22,25-29H,3-21H2,1-2H3/t25-,26+,27+,28-,29-,31-/m0/s1. The quantitative estimate of drug-likeness (QED) is 0.213. The Morgan fingerprint density at radius 2 is 1.62 bits per heavy atom. The van der Waals surface area contributed by atoms with E-state index in [-0.39, 0.29) is 17.5 Å². The lowest BCUT2D eigenvalue weighted by molar-refractivity contribution is -0.160. The zero-order valence-electron chi connectivity index (χ0n) is 22.1. The Morgan fingerprint density at radius 1 is 0.882 bits per heavy atom. The van der Waals surface area contributed by atoms with Gasteiger partial charge < -0.3 is 4.74 Å². The number of carbonyl (C=O) groups is 2. The van der Waals surface area contributed by atoms with Crippen molar-refractivity contribution in [3.05, 3.63) is 11.6 Å². The number of allylic oxidation sites excluding steroid dienone is 1. The van der Waals surface area contributed by atoms with Gasteiger partial charge in [-0.15, -0.1) is 0 Å². The fraction of sp³-hybridized carbons (Fsp3) is 0.871. The first-order valence-electron chi connectivity index (χ1n) is 15.0. The highest BCUT2D eigenvalue weighted by atomic mass is 16.5. The van der Waals surface area contributed by atoms with E-state index in [1.165, 1.54) is 82.6 Å². The van der Waals surface area contributed by atoms with Crippen LogP contribution in [0.15, 0.2) is 11.6 Å². The van der Waals surface area contributed by atoms with Crippen molar-refractivity contribution in [1.29, 1.82) is 0 Å². The number of hydrogen-bond acceptors (Lipinski definition) is 3. The van der Waals surface area contributed by atoms with E-state index in [0.717, 1.165) is 50.4 Å². The van der Waals surface area contributed by atoms with E-state index in [1.54, 1.807) is 0 Å². The van der Waals surface area contributed by atoms with E-state index in [0.29, 0.717) is 24.0 Å². The van der Waals surface area contributed by atoms with E-state index in [1.807, 2.05) is 6.08 Å². The van der Waals surface area contributed by atoms with Crippen LogP contribution in [0.2, 0.25) is 0 Å². The molecule has 192 valence electrons. The second kappa shape index (κ2) is 12.2. The molecule has 3 nitrogen and oxygen atoms in total. The van der Waals surface area contributed by atoms with Gasteiger partial charge in [0, 0.05) is 18.3 Å². The van der Waals surface area contributed by atoms with Gasteiger partial charge in [-0.2, -0.15) is 0 Å². The summed E-state index contributed by atoms with van der Waals surface area (Å²) in [6, 6.07) is 0. The van der Waals surface area contributed by atoms with E-state index in [9.17, 15) is 9.59 Å². The Kier molecular flexibility index (Phi) is 9.33. The molecule has 0 amide bonds. The minimum Gasteiger partial charge on any atom is -0.462 e. The summed E-state index contributed by atoms with van der Waals surface area (Å²) in [6.07, 6.45) is 24.4. The molecule has 0 saturated heterocycles. The van der Waals surface area contributed by atoms with Gasteiger partial charge in [0.25, 0.3) is 0 Å². The van der Waals surface area contributed by atoms with Crippen molar-refractivity contribution in [3.8, 4) is 0 Å². The zero-order valence-corrected chi connectivity index (χ0v) is 22.1. The first-order chi connectivity index (χ1) is 16.6. The number of ether oxygens (including phenoxy) is 1. The van der Waals surface area contributed by atoms with Crippen LogP contribution in [0.5, 0.6) is 0 Å². The highest BCUT2D eigenvalue weighted by Crippen LogP contribution is 2.63. The molecule has 0 N–H and O–H groups in total. The fourth-order valence-corrected chi connectivity index (χ4v) is 8.58. The molecule has 3 heteroatoms. The molecule has 6 atom stereocenters. The maximum Gasteiger partial charge on any atom is 0.306 e. The first kappa shape index (κ1) is 26.0. The number of fused-ring (bicyclic) bond motifs is 5. The van der Waals surface area contributed by atoms with Crippen molar-refractivity contribution in [3.63, 3.8) is 0 Å². The van der Waals surface area contributed by atoms with Gasteiger partial charge >= 0.3 is 5.97 Å². The summed E-state index contributed by atoms with van der Waals surface area (Å²) in [5.41, 5.74) is 1.67. The molecule has 0 aliphatic heterocycles. The van der Waals surface area contributed by atoms with E-state index in [2.05, 4.69) is 13.8 Å². The molecule has 0 aromatic heterocycles. The number of ketones is 1. The molecule has 4 aliphatic rings. The zero-order chi connectivity index (χ0) is 24.0. The van der Waals surface area contributed by atoms with E-state index in [4.69, 9.17) is 4.74 Å². The van der Waals surface area contributed by atoms with Gasteiger partial charge in [0.1, 0.15) is 6.10 Å². The average molecular weight is 471 g/mol. The normalized spacial score (nSPS) is 34.7. The number of esters is 1. The van der Waals surface area contributed by atoms with Crippen molar-refractivity contribution in [1.82, 2.24) is 0 Å². The van der Waals surface area contributed by atoms with Gasteiger partial charge in [0.15, 0.2) is 5.78 Å². The van der Waals surface area contributed by atoms with Crippen LogP contribution in [0.1, 0.15) is 136 Å². The SMILES string of the molecule is CCCCCCCCCCCC(=O)O[C@H]1CC[C@H]2[C@@H]3CCC4=CC(=O)CC[C@@H]4[C@H]3CC[C@]12CC. The Hall–Kier alpha value is -1.12. The average Bonchev–Trinajstić information content (AvgIpc) is 3.21. The van der Waals surface area contributed by atoms with E-state index >= 15 is 0 Å². The second-order valence-corrected chi connectivity index (χ2v) is 12.1. The Balaban J connectivity index is 1.24. The van der Waals surface area contributed by atoms with Gasteiger partial charge in [-0.25, -0.2) is 0 Å². The molecule has 0 unspecified atom stereocenters. The predicted octanol–water partition coefficient (Wildman–Crippen LogP) is 8.35. The molecule has 0 bridgehead atoms. The van der Waals surface area contributed by atoms with Crippen LogP contribution in [-0.2, 0) is 14.3 Å². The second-order valence-electron chi connectivity index (χ2n) is 12.1. The third kappa shape index (κ3) is 5.65. The summed E-state index contributed by atoms with van der Waals surface area (Å²) in [7, 11) is 0. The predicted molar refractivity (Wildman–Crippen MR) is 138 cm³/mol. The molecule has 3 saturated carbocycles.